The molecule has 4 fully saturated rings. The van der Waals surface area contributed by atoms with Crippen LogP contribution in [0.2, 0.25) is 0 Å². The fourth-order valence-electron chi connectivity index (χ4n) is 8.31. The minimum atomic E-state index is -2.65. The van der Waals surface area contributed by atoms with Gasteiger partial charge in [0, 0.05) is 37.8 Å². The smallest absolute Gasteiger partial charge is 0.319 e. The standard InChI is InChI=1S/C35H37F4N5O2/c1-4-23-26(36)9-8-21-12-22(45)13-24(27(21)23)29-28(37)30-25(14-40-29)31(43(3)19(2)20-6-7-20)42-32(41-30)46-18-34-10-5-11-44(34)17-33(15-34)16-35(33,38)39/h8-9,12-14,19-20,45H,4-7,10-11,15-18H2,1-3H3/t19?,33-,34-/m0/s1. The molecule has 3 atom stereocenters. The summed E-state index contributed by atoms with van der Waals surface area (Å²) in [5.74, 6) is -2.96. The first kappa shape index (κ1) is 29.7. The lowest BCUT2D eigenvalue weighted by Gasteiger charge is -2.31. The van der Waals surface area contributed by atoms with Crippen LogP contribution in [-0.2, 0) is 6.42 Å². The van der Waals surface area contributed by atoms with E-state index in [1.165, 1.54) is 24.4 Å². The third-order valence-corrected chi connectivity index (χ3v) is 11.2. The van der Waals surface area contributed by atoms with E-state index >= 15 is 4.39 Å². The van der Waals surface area contributed by atoms with Gasteiger partial charge in [0.25, 0.3) is 5.92 Å². The molecule has 4 aliphatic rings. The second kappa shape index (κ2) is 10.1. The summed E-state index contributed by atoms with van der Waals surface area (Å²) in [5.41, 5.74) is -0.946. The van der Waals surface area contributed by atoms with Gasteiger partial charge in [0.05, 0.1) is 16.3 Å². The molecule has 0 radical (unpaired) electrons. The Balaban J connectivity index is 1.24. The highest BCUT2D eigenvalue weighted by Gasteiger charge is 2.77. The lowest BCUT2D eigenvalue weighted by molar-refractivity contribution is 0.0647. The van der Waals surface area contributed by atoms with E-state index in [0.717, 1.165) is 32.2 Å². The summed E-state index contributed by atoms with van der Waals surface area (Å²) in [7, 11) is 1.91. The normalized spacial score (nSPS) is 25.8. The maximum absolute atomic E-state index is 16.8. The van der Waals surface area contributed by atoms with E-state index in [2.05, 4.69) is 21.8 Å². The number of rotatable bonds is 8. The maximum atomic E-state index is 16.8. The molecule has 2 aromatic heterocycles. The number of hydrogen-bond acceptors (Lipinski definition) is 7. The molecule has 0 amide bonds. The molecule has 4 heterocycles. The van der Waals surface area contributed by atoms with Gasteiger partial charge in [0.1, 0.15) is 35.2 Å². The van der Waals surface area contributed by atoms with Gasteiger partial charge in [-0.05, 0) is 92.4 Å². The fourth-order valence-corrected chi connectivity index (χ4v) is 8.31. The number of pyridine rings is 1. The topological polar surface area (TPSA) is 74.6 Å². The molecule has 2 saturated heterocycles. The van der Waals surface area contributed by atoms with Crippen molar-refractivity contribution in [2.24, 2.45) is 11.3 Å². The van der Waals surface area contributed by atoms with Crippen LogP contribution < -0.4 is 9.64 Å². The Labute approximate surface area is 264 Å². The van der Waals surface area contributed by atoms with Crippen LogP contribution in [0.25, 0.3) is 32.9 Å². The van der Waals surface area contributed by atoms with Gasteiger partial charge in [-0.1, -0.05) is 13.0 Å². The fraction of sp³-hybridized carbons (Fsp3) is 0.514. The zero-order valence-electron chi connectivity index (χ0n) is 26.2. The number of benzene rings is 2. The molecule has 7 nitrogen and oxygen atoms in total. The van der Waals surface area contributed by atoms with Crippen molar-refractivity contribution < 1.29 is 27.4 Å². The predicted molar refractivity (Wildman–Crippen MR) is 167 cm³/mol. The van der Waals surface area contributed by atoms with E-state index < -0.39 is 28.5 Å². The van der Waals surface area contributed by atoms with Gasteiger partial charge in [0.15, 0.2) is 5.82 Å². The lowest BCUT2D eigenvalue weighted by Crippen LogP contribution is -2.43. The highest BCUT2D eigenvalue weighted by molar-refractivity contribution is 6.01. The van der Waals surface area contributed by atoms with Gasteiger partial charge in [-0.15, -0.1) is 0 Å². The first-order chi connectivity index (χ1) is 22.0. The van der Waals surface area contributed by atoms with E-state index in [9.17, 15) is 18.3 Å². The Kier molecular flexibility index (Phi) is 6.53. The molecule has 242 valence electrons. The number of fused-ring (bicyclic) bond motifs is 3. The van der Waals surface area contributed by atoms with E-state index in [-0.39, 0.29) is 47.6 Å². The van der Waals surface area contributed by atoms with Gasteiger partial charge in [-0.25, -0.2) is 17.6 Å². The lowest BCUT2D eigenvalue weighted by atomic mass is 9.89. The van der Waals surface area contributed by atoms with Crippen LogP contribution in [0.1, 0.15) is 57.9 Å². The number of aromatic hydroxyl groups is 1. The minimum Gasteiger partial charge on any atom is -0.508 e. The van der Waals surface area contributed by atoms with Crippen molar-refractivity contribution in [2.75, 3.05) is 31.6 Å². The molecule has 46 heavy (non-hydrogen) atoms. The number of anilines is 1. The van der Waals surface area contributed by atoms with Crippen molar-refractivity contribution >= 4 is 27.5 Å². The molecule has 2 saturated carbocycles. The molecule has 8 rings (SSSR count). The van der Waals surface area contributed by atoms with Crippen LogP contribution in [0.15, 0.2) is 30.5 Å². The Bertz CT molecular complexity index is 1900. The molecular weight excluding hydrogens is 598 g/mol. The van der Waals surface area contributed by atoms with Crippen molar-refractivity contribution in [1.29, 1.82) is 0 Å². The summed E-state index contributed by atoms with van der Waals surface area (Å²) in [5, 5.41) is 12.0. The highest BCUT2D eigenvalue weighted by atomic mass is 19.3. The number of ether oxygens (including phenoxy) is 1. The number of nitrogens with zero attached hydrogens (tertiary/aromatic N) is 5. The first-order valence-electron chi connectivity index (χ1n) is 16.3. The molecular formula is C35H37F4N5O2. The number of phenols is 1. The van der Waals surface area contributed by atoms with Crippen LogP contribution in [0, 0.1) is 23.0 Å². The molecule has 1 unspecified atom stereocenters. The zero-order chi connectivity index (χ0) is 32.2. The number of phenolic OH excluding ortho intramolecular Hbond substituents is 1. The van der Waals surface area contributed by atoms with Crippen molar-refractivity contribution in [3.8, 4) is 23.0 Å². The van der Waals surface area contributed by atoms with Crippen LogP contribution in [0.5, 0.6) is 11.8 Å². The highest BCUT2D eigenvalue weighted by Crippen LogP contribution is 2.69. The summed E-state index contributed by atoms with van der Waals surface area (Å²) in [6, 6.07) is 5.91. The van der Waals surface area contributed by atoms with E-state index in [0.29, 0.717) is 52.8 Å². The van der Waals surface area contributed by atoms with E-state index in [1.807, 2.05) is 18.9 Å². The summed E-state index contributed by atoms with van der Waals surface area (Å²) >= 11 is 0. The summed E-state index contributed by atoms with van der Waals surface area (Å²) in [6.07, 6.45) is 5.99. The third-order valence-electron chi connectivity index (χ3n) is 11.2. The number of aromatic nitrogens is 3. The van der Waals surface area contributed by atoms with Crippen LogP contribution in [0.4, 0.5) is 23.4 Å². The zero-order valence-corrected chi connectivity index (χ0v) is 26.2. The average molecular weight is 636 g/mol. The van der Waals surface area contributed by atoms with Crippen molar-refractivity contribution in [2.45, 2.75) is 76.3 Å². The number of aryl methyl sites for hydroxylation is 1. The molecule has 2 aromatic carbocycles. The van der Waals surface area contributed by atoms with Gasteiger partial charge < -0.3 is 14.7 Å². The number of halogens is 4. The van der Waals surface area contributed by atoms with Gasteiger partial charge in [0.2, 0.25) is 0 Å². The monoisotopic (exact) mass is 635 g/mol. The molecule has 1 N–H and O–H groups in total. The Hall–Kier alpha value is -3.73. The first-order valence-corrected chi connectivity index (χ1v) is 16.3. The minimum absolute atomic E-state index is 0.0109. The van der Waals surface area contributed by atoms with Gasteiger partial charge in [-0.2, -0.15) is 9.97 Å². The van der Waals surface area contributed by atoms with Crippen molar-refractivity contribution in [3.05, 3.63) is 47.7 Å². The molecule has 2 aliphatic carbocycles. The Morgan fingerprint density at radius 2 is 1.93 bits per heavy atom. The second-order valence-electron chi connectivity index (χ2n) is 14.0. The SMILES string of the molecule is CCc1c(F)ccc2cc(O)cc(-c3ncc4c(N(C)C(C)C5CC5)nc(OC[C@@]56CCCN5C[C@@]5(CC5(F)F)C6)nc4c3F)c12. The van der Waals surface area contributed by atoms with Gasteiger partial charge >= 0.3 is 6.01 Å². The van der Waals surface area contributed by atoms with Crippen LogP contribution >= 0.6 is 0 Å². The van der Waals surface area contributed by atoms with Crippen molar-refractivity contribution in [1.82, 2.24) is 19.9 Å². The molecule has 2 aliphatic heterocycles. The average Bonchev–Trinajstić information content (AvgIpc) is 3.87. The van der Waals surface area contributed by atoms with Crippen molar-refractivity contribution in [3.63, 3.8) is 0 Å². The Morgan fingerprint density at radius 1 is 1.15 bits per heavy atom. The van der Waals surface area contributed by atoms with Crippen LogP contribution in [0.3, 0.4) is 0 Å². The molecule has 11 heteroatoms. The molecule has 4 aromatic rings. The third kappa shape index (κ3) is 4.44. The summed E-state index contributed by atoms with van der Waals surface area (Å²) < 4.78 is 66.9. The Morgan fingerprint density at radius 3 is 2.65 bits per heavy atom. The number of alkyl halides is 2. The summed E-state index contributed by atoms with van der Waals surface area (Å²) in [4.78, 5) is 18.0. The maximum Gasteiger partial charge on any atom is 0.319 e. The quantitative estimate of drug-likeness (QED) is 0.204. The number of hydrogen-bond donors (Lipinski definition) is 1. The van der Waals surface area contributed by atoms with Crippen LogP contribution in [-0.4, -0.2) is 69.2 Å². The van der Waals surface area contributed by atoms with Gasteiger partial charge in [-0.3, -0.25) is 9.88 Å². The summed E-state index contributed by atoms with van der Waals surface area (Å²) in [6.45, 7) is 5.16. The largest absolute Gasteiger partial charge is 0.508 e. The molecule has 1 spiro atoms. The van der Waals surface area contributed by atoms with E-state index in [4.69, 9.17) is 9.72 Å². The predicted octanol–water partition coefficient (Wildman–Crippen LogP) is 7.27. The molecule has 0 bridgehead atoms. The van der Waals surface area contributed by atoms with E-state index in [1.54, 1.807) is 6.07 Å². The second-order valence-corrected chi connectivity index (χ2v) is 14.0.